The summed E-state index contributed by atoms with van der Waals surface area (Å²) in [6, 6.07) is 4.24. The van der Waals surface area contributed by atoms with Gasteiger partial charge in [0.25, 0.3) is 0 Å². The fourth-order valence-corrected chi connectivity index (χ4v) is 4.71. The molecule has 1 aliphatic heterocycles. The summed E-state index contributed by atoms with van der Waals surface area (Å²) in [5.41, 5.74) is 0.612. The molecule has 1 aromatic carbocycles. The molecule has 1 saturated heterocycles. The van der Waals surface area contributed by atoms with E-state index in [1.165, 1.54) is 28.4 Å². The lowest BCUT2D eigenvalue weighted by Crippen LogP contribution is -2.34. The molecule has 2 fully saturated rings. The van der Waals surface area contributed by atoms with E-state index < -0.39 is 0 Å². The van der Waals surface area contributed by atoms with Crippen LogP contribution in [0.15, 0.2) is 18.2 Å². The number of anilines is 1. The predicted octanol–water partition coefficient (Wildman–Crippen LogP) is 2.94. The van der Waals surface area contributed by atoms with E-state index in [0.717, 1.165) is 25.7 Å². The second-order valence-corrected chi connectivity index (χ2v) is 7.79. The van der Waals surface area contributed by atoms with E-state index in [4.69, 9.17) is 0 Å². The molecular weight excluding hydrogens is 357 g/mol. The highest BCUT2D eigenvalue weighted by atomic mass is 32.1. The summed E-state index contributed by atoms with van der Waals surface area (Å²) < 4.78 is 13.9. The van der Waals surface area contributed by atoms with Crippen LogP contribution in [-0.4, -0.2) is 34.2 Å². The second kappa shape index (κ2) is 6.75. The van der Waals surface area contributed by atoms with E-state index in [0.29, 0.717) is 15.3 Å². The monoisotopic (exact) mass is 375 g/mol. The molecule has 1 saturated carbocycles. The van der Waals surface area contributed by atoms with E-state index in [1.54, 1.807) is 6.07 Å². The van der Waals surface area contributed by atoms with Gasteiger partial charge in [0.2, 0.25) is 17.7 Å². The van der Waals surface area contributed by atoms with E-state index in [-0.39, 0.29) is 48.3 Å². The molecule has 2 heterocycles. The third-order valence-electron chi connectivity index (χ3n) is 5.09. The van der Waals surface area contributed by atoms with Crippen LogP contribution in [0.2, 0.25) is 0 Å². The highest BCUT2D eigenvalue weighted by molar-refractivity contribution is 7.22. The zero-order valence-corrected chi connectivity index (χ0v) is 14.9. The maximum Gasteiger partial charge on any atom is 0.233 e. The Bertz CT molecular complexity index is 873. The molecule has 0 radical (unpaired) electrons. The molecule has 1 aromatic heterocycles. The molecule has 2 atom stereocenters. The first-order valence-electron chi connectivity index (χ1n) is 8.74. The van der Waals surface area contributed by atoms with Crippen molar-refractivity contribution in [2.75, 3.05) is 11.9 Å². The minimum atomic E-state index is -0.355. The number of amides is 3. The SMILES string of the molecule is O=C(CCN1C(=O)[C@@H]2CCCC[C@H]2C1=O)Nc1nc2ccc(F)cc2s1. The number of imide groups is 1. The third kappa shape index (κ3) is 3.09. The number of carbonyl (C=O) groups excluding carboxylic acids is 3. The Morgan fingerprint density at radius 3 is 2.62 bits per heavy atom. The number of hydrogen-bond donors (Lipinski definition) is 1. The van der Waals surface area contributed by atoms with Gasteiger partial charge in [-0.1, -0.05) is 24.2 Å². The van der Waals surface area contributed by atoms with Gasteiger partial charge in [-0.25, -0.2) is 9.37 Å². The maximum absolute atomic E-state index is 13.2. The molecule has 0 unspecified atom stereocenters. The summed E-state index contributed by atoms with van der Waals surface area (Å²) in [5, 5.41) is 3.04. The van der Waals surface area contributed by atoms with Crippen LogP contribution >= 0.6 is 11.3 Å². The predicted molar refractivity (Wildman–Crippen MR) is 95.0 cm³/mol. The van der Waals surface area contributed by atoms with Crippen LogP contribution in [-0.2, 0) is 14.4 Å². The number of likely N-dealkylation sites (tertiary alicyclic amines) is 1. The molecule has 2 aliphatic rings. The van der Waals surface area contributed by atoms with Crippen molar-refractivity contribution in [2.45, 2.75) is 32.1 Å². The summed E-state index contributed by atoms with van der Waals surface area (Å²) in [6.45, 7) is 0.0933. The average molecular weight is 375 g/mol. The topological polar surface area (TPSA) is 79.4 Å². The van der Waals surface area contributed by atoms with Gasteiger partial charge < -0.3 is 5.32 Å². The van der Waals surface area contributed by atoms with Crippen molar-refractivity contribution in [3.8, 4) is 0 Å². The van der Waals surface area contributed by atoms with Crippen LogP contribution in [0.3, 0.4) is 0 Å². The van der Waals surface area contributed by atoms with Crippen molar-refractivity contribution in [1.29, 1.82) is 0 Å². The van der Waals surface area contributed by atoms with Crippen LogP contribution < -0.4 is 5.32 Å². The van der Waals surface area contributed by atoms with Gasteiger partial charge in [-0.3, -0.25) is 19.3 Å². The zero-order chi connectivity index (χ0) is 18.3. The number of halogens is 1. The number of benzene rings is 1. The van der Waals surface area contributed by atoms with Crippen molar-refractivity contribution in [3.63, 3.8) is 0 Å². The van der Waals surface area contributed by atoms with Gasteiger partial charge in [0, 0.05) is 13.0 Å². The molecule has 2 aromatic rings. The highest BCUT2D eigenvalue weighted by Crippen LogP contribution is 2.38. The van der Waals surface area contributed by atoms with Gasteiger partial charge in [-0.05, 0) is 31.0 Å². The molecule has 1 N–H and O–H groups in total. The van der Waals surface area contributed by atoms with Crippen molar-refractivity contribution < 1.29 is 18.8 Å². The number of fused-ring (bicyclic) bond motifs is 2. The van der Waals surface area contributed by atoms with Crippen LogP contribution in [0.1, 0.15) is 32.1 Å². The Morgan fingerprint density at radius 1 is 1.23 bits per heavy atom. The van der Waals surface area contributed by atoms with E-state index >= 15 is 0 Å². The number of hydrogen-bond acceptors (Lipinski definition) is 5. The lowest BCUT2D eigenvalue weighted by molar-refractivity contribution is -0.140. The number of thiazole rings is 1. The molecule has 0 bridgehead atoms. The second-order valence-electron chi connectivity index (χ2n) is 6.75. The largest absolute Gasteiger partial charge is 0.302 e. The van der Waals surface area contributed by atoms with Gasteiger partial charge in [-0.15, -0.1) is 0 Å². The van der Waals surface area contributed by atoms with Crippen molar-refractivity contribution >= 4 is 44.4 Å². The minimum absolute atomic E-state index is 0.0290. The minimum Gasteiger partial charge on any atom is -0.302 e. The Morgan fingerprint density at radius 2 is 1.92 bits per heavy atom. The van der Waals surface area contributed by atoms with E-state index in [2.05, 4.69) is 10.3 Å². The number of nitrogens with zero attached hydrogens (tertiary/aromatic N) is 2. The Labute approximate surface area is 153 Å². The van der Waals surface area contributed by atoms with Gasteiger partial charge in [-0.2, -0.15) is 0 Å². The van der Waals surface area contributed by atoms with Gasteiger partial charge in [0.15, 0.2) is 5.13 Å². The molecule has 136 valence electrons. The van der Waals surface area contributed by atoms with Gasteiger partial charge in [0.05, 0.1) is 22.1 Å². The lowest BCUT2D eigenvalue weighted by Gasteiger charge is -2.19. The third-order valence-corrected chi connectivity index (χ3v) is 6.03. The van der Waals surface area contributed by atoms with Gasteiger partial charge in [0.1, 0.15) is 5.82 Å². The standard InChI is InChI=1S/C18H18FN3O3S/c19-10-5-6-13-14(9-10)26-18(20-13)21-15(23)7-8-22-16(24)11-3-1-2-4-12(11)17(22)25/h5-6,9,11-12H,1-4,7-8H2,(H,20,21,23)/t11-,12-/m1/s1. The average Bonchev–Trinajstić information content (AvgIpc) is 3.12. The summed E-state index contributed by atoms with van der Waals surface area (Å²) in [5.74, 6) is -1.34. The first-order chi connectivity index (χ1) is 12.5. The number of aromatic nitrogens is 1. The molecule has 1 aliphatic carbocycles. The fraction of sp³-hybridized carbons (Fsp3) is 0.444. The van der Waals surface area contributed by atoms with Crippen LogP contribution in [0.5, 0.6) is 0 Å². The molecule has 6 nitrogen and oxygen atoms in total. The van der Waals surface area contributed by atoms with Crippen LogP contribution in [0.4, 0.5) is 9.52 Å². The molecule has 4 rings (SSSR count). The molecule has 3 amide bonds. The summed E-state index contributed by atoms with van der Waals surface area (Å²) in [6.07, 6.45) is 3.51. The van der Waals surface area contributed by atoms with Crippen molar-refractivity contribution in [3.05, 3.63) is 24.0 Å². The van der Waals surface area contributed by atoms with Gasteiger partial charge >= 0.3 is 0 Å². The number of carbonyl (C=O) groups is 3. The summed E-state index contributed by atoms with van der Waals surface area (Å²) in [7, 11) is 0. The molecule has 26 heavy (non-hydrogen) atoms. The quantitative estimate of drug-likeness (QED) is 0.834. The smallest absolute Gasteiger partial charge is 0.233 e. The summed E-state index contributed by atoms with van der Waals surface area (Å²) >= 11 is 1.18. The normalized spacial score (nSPS) is 22.7. The lowest BCUT2D eigenvalue weighted by atomic mass is 9.81. The van der Waals surface area contributed by atoms with Crippen molar-refractivity contribution in [1.82, 2.24) is 9.88 Å². The highest BCUT2D eigenvalue weighted by Gasteiger charge is 2.47. The Hall–Kier alpha value is -2.35. The van der Waals surface area contributed by atoms with Crippen LogP contribution in [0.25, 0.3) is 10.2 Å². The molecule has 0 spiro atoms. The Kier molecular flexibility index (Phi) is 4.44. The first kappa shape index (κ1) is 17.1. The van der Waals surface area contributed by atoms with E-state index in [9.17, 15) is 18.8 Å². The van der Waals surface area contributed by atoms with Crippen LogP contribution in [0, 0.1) is 17.7 Å². The number of nitrogens with one attached hydrogen (secondary N) is 1. The van der Waals surface area contributed by atoms with E-state index in [1.807, 2.05) is 0 Å². The first-order valence-corrected chi connectivity index (χ1v) is 9.56. The molecule has 8 heteroatoms. The number of rotatable bonds is 4. The maximum atomic E-state index is 13.2. The van der Waals surface area contributed by atoms with Crippen molar-refractivity contribution in [2.24, 2.45) is 11.8 Å². The summed E-state index contributed by atoms with van der Waals surface area (Å²) in [4.78, 5) is 42.4. The Balaban J connectivity index is 1.37. The zero-order valence-electron chi connectivity index (χ0n) is 14.0. The molecular formula is C18H18FN3O3S. The fourth-order valence-electron chi connectivity index (χ4n) is 3.80.